The third-order valence-electron chi connectivity index (χ3n) is 6.03. The molecule has 0 aromatic heterocycles. The summed E-state index contributed by atoms with van der Waals surface area (Å²) in [5.41, 5.74) is 0.668. The number of hydrogen-bond donors (Lipinski definition) is 0. The molecule has 0 radical (unpaired) electrons. The topological polar surface area (TPSA) is 42.0 Å². The summed E-state index contributed by atoms with van der Waals surface area (Å²) >= 11 is 3.50. The van der Waals surface area contributed by atoms with Gasteiger partial charge in [-0.25, -0.2) is 4.79 Å². The molecule has 1 fully saturated rings. The smallest absolute Gasteiger partial charge is 0.410 e. The fourth-order valence-electron chi connectivity index (χ4n) is 3.24. The van der Waals surface area contributed by atoms with E-state index in [1.165, 1.54) is 5.69 Å². The molecule has 0 aliphatic carbocycles. The first-order valence-corrected chi connectivity index (χ1v) is 14.5. The summed E-state index contributed by atoms with van der Waals surface area (Å²) in [6.45, 7) is 19.8. The molecule has 0 N–H and O–H groups in total. The van der Waals surface area contributed by atoms with Crippen LogP contribution in [0.1, 0.15) is 48.0 Å². The Morgan fingerprint density at radius 1 is 1.17 bits per heavy atom. The van der Waals surface area contributed by atoms with Gasteiger partial charge in [0.15, 0.2) is 8.32 Å². The van der Waals surface area contributed by atoms with Crippen molar-refractivity contribution in [1.29, 1.82) is 0 Å². The highest BCUT2D eigenvalue weighted by atomic mass is 79.9. The van der Waals surface area contributed by atoms with E-state index in [4.69, 9.17) is 9.16 Å². The van der Waals surface area contributed by atoms with E-state index >= 15 is 0 Å². The normalized spacial score (nSPS) is 17.9. The molecule has 30 heavy (non-hydrogen) atoms. The SMILES string of the molecule is CC(C)(C)OC(=O)N(CCO[Si](C)(C)C(C)(C)C)[C@@H]1CCN(c2ccc(Br)cc2)C1. The van der Waals surface area contributed by atoms with Crippen LogP contribution in [0.15, 0.2) is 28.7 Å². The number of carbonyl (C=O) groups excluding carboxylic acids is 1. The maximum Gasteiger partial charge on any atom is 0.410 e. The molecule has 1 saturated heterocycles. The maximum atomic E-state index is 13.0. The van der Waals surface area contributed by atoms with Crippen molar-refractivity contribution < 1.29 is 14.0 Å². The number of hydrogen-bond acceptors (Lipinski definition) is 4. The molecule has 170 valence electrons. The van der Waals surface area contributed by atoms with E-state index in [1.807, 2.05) is 25.7 Å². The molecule has 5 nitrogen and oxygen atoms in total. The molecule has 2 rings (SSSR count). The van der Waals surface area contributed by atoms with Gasteiger partial charge in [-0.15, -0.1) is 0 Å². The Bertz CT molecular complexity index is 711. The second kappa shape index (κ2) is 9.61. The Kier molecular flexibility index (Phi) is 8.08. The molecule has 0 bridgehead atoms. The van der Waals surface area contributed by atoms with E-state index in [-0.39, 0.29) is 17.2 Å². The Balaban J connectivity index is 2.08. The molecule has 1 heterocycles. The van der Waals surface area contributed by atoms with Gasteiger partial charge in [-0.1, -0.05) is 36.7 Å². The van der Waals surface area contributed by atoms with E-state index in [0.29, 0.717) is 13.2 Å². The lowest BCUT2D eigenvalue weighted by molar-refractivity contribution is 0.0146. The number of anilines is 1. The van der Waals surface area contributed by atoms with Crippen molar-refractivity contribution in [3.8, 4) is 0 Å². The van der Waals surface area contributed by atoms with Gasteiger partial charge < -0.3 is 19.0 Å². The van der Waals surface area contributed by atoms with Crippen LogP contribution in [-0.4, -0.2) is 57.2 Å². The number of amides is 1. The molecular weight excluding hydrogens is 460 g/mol. The fourth-order valence-corrected chi connectivity index (χ4v) is 4.54. The molecular formula is C23H39BrN2O3Si. The van der Waals surface area contributed by atoms with Crippen molar-refractivity contribution in [1.82, 2.24) is 4.90 Å². The maximum absolute atomic E-state index is 13.0. The quantitative estimate of drug-likeness (QED) is 0.432. The van der Waals surface area contributed by atoms with Gasteiger partial charge >= 0.3 is 6.09 Å². The second-order valence-corrected chi connectivity index (χ2v) is 16.4. The van der Waals surface area contributed by atoms with E-state index < -0.39 is 13.9 Å². The Labute approximate surface area is 192 Å². The van der Waals surface area contributed by atoms with Crippen molar-refractivity contribution in [3.05, 3.63) is 28.7 Å². The standard InChI is InChI=1S/C23H39BrN2O3Si/c1-22(2,3)29-21(27)26(15-16-28-30(7,8)23(4,5)6)20-13-14-25(17-20)19-11-9-18(24)10-12-19/h9-12,20H,13-17H2,1-8H3/t20-/m1/s1. The summed E-state index contributed by atoms with van der Waals surface area (Å²) in [6.07, 6.45) is 0.680. The van der Waals surface area contributed by atoms with Crippen LogP contribution in [0.5, 0.6) is 0 Å². The molecule has 0 saturated carbocycles. The molecule has 1 aliphatic heterocycles. The molecule has 1 atom stereocenters. The average Bonchev–Trinajstić information content (AvgIpc) is 3.06. The Morgan fingerprint density at radius 2 is 1.77 bits per heavy atom. The first-order chi connectivity index (χ1) is 13.7. The predicted octanol–water partition coefficient (Wildman–Crippen LogP) is 6.29. The summed E-state index contributed by atoms with van der Waals surface area (Å²) in [6, 6.07) is 8.46. The van der Waals surface area contributed by atoms with Crippen LogP contribution >= 0.6 is 15.9 Å². The highest BCUT2D eigenvalue weighted by Crippen LogP contribution is 2.36. The van der Waals surface area contributed by atoms with Crippen molar-refractivity contribution in [3.63, 3.8) is 0 Å². The zero-order chi connectivity index (χ0) is 22.7. The van der Waals surface area contributed by atoms with E-state index in [1.54, 1.807) is 0 Å². The van der Waals surface area contributed by atoms with Crippen LogP contribution < -0.4 is 4.90 Å². The van der Waals surface area contributed by atoms with Gasteiger partial charge in [-0.05, 0) is 69.6 Å². The summed E-state index contributed by atoms with van der Waals surface area (Å²) in [5, 5.41) is 0.148. The minimum absolute atomic E-state index is 0.117. The zero-order valence-electron chi connectivity index (χ0n) is 19.9. The van der Waals surface area contributed by atoms with E-state index in [0.717, 1.165) is 24.0 Å². The van der Waals surface area contributed by atoms with Gasteiger partial charge in [0.05, 0.1) is 12.6 Å². The summed E-state index contributed by atoms with van der Waals surface area (Å²) in [7, 11) is -1.86. The van der Waals surface area contributed by atoms with Crippen molar-refractivity contribution in [2.24, 2.45) is 0 Å². The third kappa shape index (κ3) is 6.99. The highest BCUT2D eigenvalue weighted by molar-refractivity contribution is 9.10. The minimum atomic E-state index is -1.86. The third-order valence-corrected chi connectivity index (χ3v) is 11.1. The van der Waals surface area contributed by atoms with Crippen molar-refractivity contribution in [2.75, 3.05) is 31.1 Å². The molecule has 0 unspecified atom stereocenters. The summed E-state index contributed by atoms with van der Waals surface area (Å²) in [4.78, 5) is 17.2. The fraction of sp³-hybridized carbons (Fsp3) is 0.696. The zero-order valence-corrected chi connectivity index (χ0v) is 22.5. The number of rotatable bonds is 6. The van der Waals surface area contributed by atoms with E-state index in [2.05, 4.69) is 79.0 Å². The number of benzene rings is 1. The van der Waals surface area contributed by atoms with Crippen LogP contribution in [0.4, 0.5) is 10.5 Å². The van der Waals surface area contributed by atoms with Gasteiger partial charge in [-0.2, -0.15) is 0 Å². The van der Waals surface area contributed by atoms with Crippen LogP contribution in [0.25, 0.3) is 0 Å². The summed E-state index contributed by atoms with van der Waals surface area (Å²) in [5.74, 6) is 0. The predicted molar refractivity (Wildman–Crippen MR) is 131 cm³/mol. The number of halogens is 1. The molecule has 0 spiro atoms. The summed E-state index contributed by atoms with van der Waals surface area (Å²) < 4.78 is 13.2. The molecule has 1 aromatic rings. The lowest BCUT2D eigenvalue weighted by Gasteiger charge is -2.37. The van der Waals surface area contributed by atoms with Crippen LogP contribution in [0, 0.1) is 0 Å². The number of nitrogens with zero attached hydrogens (tertiary/aromatic N) is 2. The average molecular weight is 500 g/mol. The monoisotopic (exact) mass is 498 g/mol. The van der Waals surface area contributed by atoms with Gasteiger partial charge in [0.2, 0.25) is 0 Å². The van der Waals surface area contributed by atoms with Gasteiger partial charge in [-0.3, -0.25) is 0 Å². The minimum Gasteiger partial charge on any atom is -0.444 e. The first-order valence-electron chi connectivity index (χ1n) is 10.8. The lowest BCUT2D eigenvalue weighted by atomic mass is 10.2. The number of carbonyl (C=O) groups is 1. The largest absolute Gasteiger partial charge is 0.444 e. The lowest BCUT2D eigenvalue weighted by Crippen LogP contribution is -2.48. The van der Waals surface area contributed by atoms with Crippen molar-refractivity contribution >= 4 is 36.0 Å². The van der Waals surface area contributed by atoms with Crippen LogP contribution in [0.2, 0.25) is 18.1 Å². The highest BCUT2D eigenvalue weighted by Gasteiger charge is 2.38. The van der Waals surface area contributed by atoms with Gasteiger partial charge in [0.1, 0.15) is 5.60 Å². The van der Waals surface area contributed by atoms with Crippen LogP contribution in [-0.2, 0) is 9.16 Å². The first kappa shape index (κ1) is 25.2. The second-order valence-electron chi connectivity index (χ2n) is 10.6. The molecule has 1 amide bonds. The Hall–Kier alpha value is -1.05. The van der Waals surface area contributed by atoms with Crippen LogP contribution in [0.3, 0.4) is 0 Å². The van der Waals surface area contributed by atoms with Gasteiger partial charge in [0.25, 0.3) is 0 Å². The van der Waals surface area contributed by atoms with Gasteiger partial charge in [0, 0.05) is 29.8 Å². The number of ether oxygens (including phenoxy) is 1. The Morgan fingerprint density at radius 3 is 2.30 bits per heavy atom. The molecule has 1 aromatic carbocycles. The van der Waals surface area contributed by atoms with E-state index in [9.17, 15) is 4.79 Å². The molecule has 7 heteroatoms. The van der Waals surface area contributed by atoms with Crippen molar-refractivity contribution in [2.45, 2.75) is 77.7 Å². The molecule has 1 aliphatic rings.